The third kappa shape index (κ3) is 5.13. The molecule has 0 bridgehead atoms. The molecule has 130 valence electrons. The van der Waals surface area contributed by atoms with E-state index in [1.807, 2.05) is 0 Å². The van der Waals surface area contributed by atoms with Crippen LogP contribution in [0.5, 0.6) is 0 Å². The van der Waals surface area contributed by atoms with Crippen LogP contribution in [0.1, 0.15) is 22.8 Å². The molecule has 1 unspecified atom stereocenters. The molecule has 25 heavy (non-hydrogen) atoms. The summed E-state index contributed by atoms with van der Waals surface area (Å²) in [5, 5.41) is 13.4. The number of nitro groups is 1. The van der Waals surface area contributed by atoms with Crippen LogP contribution in [-0.2, 0) is 16.0 Å². The number of nitro benzene ring substituents is 1. The van der Waals surface area contributed by atoms with Gasteiger partial charge in [-0.15, -0.1) is 0 Å². The average molecular weight is 342 g/mol. The van der Waals surface area contributed by atoms with Gasteiger partial charge in [0.2, 0.25) is 0 Å². The van der Waals surface area contributed by atoms with E-state index in [0.717, 1.165) is 0 Å². The fraction of sp³-hybridized carbons (Fsp3) is 0.222. The highest BCUT2D eigenvalue weighted by molar-refractivity contribution is 5.96. The molecule has 1 amide bonds. The van der Waals surface area contributed by atoms with Crippen molar-refractivity contribution in [2.45, 2.75) is 19.4 Å². The molecule has 1 atom stereocenters. The fourth-order valence-corrected chi connectivity index (χ4v) is 2.26. The lowest BCUT2D eigenvalue weighted by Crippen LogP contribution is -2.43. The average Bonchev–Trinajstić information content (AvgIpc) is 2.62. The third-order valence-corrected chi connectivity index (χ3v) is 3.50. The first-order chi connectivity index (χ1) is 12.0. The lowest BCUT2D eigenvalue weighted by molar-refractivity contribution is -0.384. The highest BCUT2D eigenvalue weighted by Gasteiger charge is 2.23. The lowest BCUT2D eigenvalue weighted by Gasteiger charge is -2.17. The van der Waals surface area contributed by atoms with Gasteiger partial charge in [-0.25, -0.2) is 4.79 Å². The number of carbonyl (C=O) groups excluding carboxylic acids is 2. The molecule has 2 rings (SSSR count). The summed E-state index contributed by atoms with van der Waals surface area (Å²) in [6.45, 7) is 1.87. The molecule has 0 radical (unpaired) electrons. The second kappa shape index (κ2) is 8.58. The van der Waals surface area contributed by atoms with Gasteiger partial charge >= 0.3 is 5.97 Å². The summed E-state index contributed by atoms with van der Waals surface area (Å²) >= 11 is 0. The summed E-state index contributed by atoms with van der Waals surface area (Å²) in [5.74, 6) is -0.939. The van der Waals surface area contributed by atoms with Crippen LogP contribution in [-0.4, -0.2) is 29.4 Å². The van der Waals surface area contributed by atoms with Crippen molar-refractivity contribution in [3.63, 3.8) is 0 Å². The molecular weight excluding hydrogens is 324 g/mol. The number of benzene rings is 2. The quantitative estimate of drug-likeness (QED) is 0.473. The fourth-order valence-electron chi connectivity index (χ4n) is 2.26. The Bertz CT molecular complexity index is 744. The molecular formula is C18H18N2O5. The van der Waals surface area contributed by atoms with Gasteiger partial charge in [0.25, 0.3) is 11.6 Å². The van der Waals surface area contributed by atoms with Gasteiger partial charge in [-0.2, -0.15) is 0 Å². The summed E-state index contributed by atoms with van der Waals surface area (Å²) in [6.07, 6.45) is 0.176. The number of carbonyl (C=O) groups is 2. The summed E-state index contributed by atoms with van der Waals surface area (Å²) in [4.78, 5) is 34.6. The van der Waals surface area contributed by atoms with Gasteiger partial charge in [-0.1, -0.05) is 30.3 Å². The Balaban J connectivity index is 2.14. The van der Waals surface area contributed by atoms with Crippen LogP contribution in [0.2, 0.25) is 0 Å². The molecule has 0 aliphatic heterocycles. The van der Waals surface area contributed by atoms with E-state index < -0.39 is 16.9 Å². The molecule has 2 aromatic rings. The first kappa shape index (κ1) is 18.1. The number of nitrogens with one attached hydrogen (secondary N) is 1. The molecule has 0 aromatic heterocycles. The minimum Gasteiger partial charge on any atom is -0.464 e. The van der Waals surface area contributed by atoms with E-state index in [9.17, 15) is 19.7 Å². The summed E-state index contributed by atoms with van der Waals surface area (Å²) in [5.41, 5.74) is 1.07. The van der Waals surface area contributed by atoms with E-state index in [2.05, 4.69) is 5.32 Å². The molecule has 7 heteroatoms. The van der Waals surface area contributed by atoms with Crippen LogP contribution in [0.25, 0.3) is 0 Å². The van der Waals surface area contributed by atoms with Gasteiger partial charge in [0.1, 0.15) is 6.04 Å². The van der Waals surface area contributed by atoms with Crippen molar-refractivity contribution in [2.24, 2.45) is 0 Å². The minimum atomic E-state index is -0.880. The maximum atomic E-state index is 12.3. The van der Waals surface area contributed by atoms with Crippen LogP contribution in [0, 0.1) is 10.1 Å². The number of esters is 1. The molecule has 0 aliphatic rings. The Labute approximate surface area is 144 Å². The molecule has 0 fully saturated rings. The highest BCUT2D eigenvalue weighted by Crippen LogP contribution is 2.14. The predicted molar refractivity (Wildman–Crippen MR) is 91.1 cm³/mol. The van der Waals surface area contributed by atoms with Crippen LogP contribution in [0.3, 0.4) is 0 Å². The highest BCUT2D eigenvalue weighted by atomic mass is 16.6. The van der Waals surface area contributed by atoms with E-state index in [1.165, 1.54) is 12.1 Å². The van der Waals surface area contributed by atoms with E-state index in [1.54, 1.807) is 49.4 Å². The van der Waals surface area contributed by atoms with E-state index in [-0.39, 0.29) is 24.6 Å². The Kier molecular flexibility index (Phi) is 6.22. The molecule has 2 aromatic carbocycles. The Morgan fingerprint density at radius 3 is 2.32 bits per heavy atom. The van der Waals surface area contributed by atoms with Gasteiger partial charge in [0, 0.05) is 24.1 Å². The normalized spacial score (nSPS) is 11.4. The number of nitrogens with zero attached hydrogens (tertiary/aromatic N) is 1. The van der Waals surface area contributed by atoms with Crippen molar-refractivity contribution in [3.8, 4) is 0 Å². The number of hydrogen-bond donors (Lipinski definition) is 1. The second-order valence-corrected chi connectivity index (χ2v) is 5.27. The standard InChI is InChI=1S/C18H18N2O5/c1-2-25-18(22)16(19-17(21)14-6-4-3-5-7-14)12-13-8-10-15(11-9-13)20(23)24/h3-11,16H,2,12H2,1H3,(H,19,21). The van der Waals surface area contributed by atoms with Crippen molar-refractivity contribution < 1.29 is 19.2 Å². The largest absolute Gasteiger partial charge is 0.464 e. The van der Waals surface area contributed by atoms with Crippen molar-refractivity contribution in [1.29, 1.82) is 0 Å². The van der Waals surface area contributed by atoms with E-state index in [4.69, 9.17) is 4.74 Å². The van der Waals surface area contributed by atoms with Gasteiger partial charge in [0.15, 0.2) is 0 Å². The molecule has 1 N–H and O–H groups in total. The summed E-state index contributed by atoms with van der Waals surface area (Å²) < 4.78 is 5.01. The number of amides is 1. The number of hydrogen-bond acceptors (Lipinski definition) is 5. The first-order valence-electron chi connectivity index (χ1n) is 7.77. The zero-order valence-corrected chi connectivity index (χ0v) is 13.7. The van der Waals surface area contributed by atoms with Crippen molar-refractivity contribution in [2.75, 3.05) is 6.61 Å². The molecule has 0 spiro atoms. The van der Waals surface area contributed by atoms with E-state index >= 15 is 0 Å². The summed E-state index contributed by atoms with van der Waals surface area (Å²) in [7, 11) is 0. The second-order valence-electron chi connectivity index (χ2n) is 5.27. The summed E-state index contributed by atoms with van der Waals surface area (Å²) in [6, 6.07) is 13.5. The van der Waals surface area contributed by atoms with Gasteiger partial charge < -0.3 is 10.1 Å². The number of rotatable bonds is 7. The molecule has 0 heterocycles. The number of ether oxygens (including phenoxy) is 1. The van der Waals surface area contributed by atoms with Crippen LogP contribution < -0.4 is 5.32 Å². The van der Waals surface area contributed by atoms with Crippen LogP contribution in [0.15, 0.2) is 54.6 Å². The first-order valence-corrected chi connectivity index (χ1v) is 7.77. The zero-order chi connectivity index (χ0) is 18.2. The lowest BCUT2D eigenvalue weighted by atomic mass is 10.0. The minimum absolute atomic E-state index is 0.0373. The topological polar surface area (TPSA) is 98.5 Å². The maximum Gasteiger partial charge on any atom is 0.328 e. The maximum absolute atomic E-state index is 12.3. The van der Waals surface area contributed by atoms with Gasteiger partial charge in [-0.3, -0.25) is 14.9 Å². The van der Waals surface area contributed by atoms with Crippen molar-refractivity contribution in [3.05, 3.63) is 75.8 Å². The molecule has 0 saturated heterocycles. The zero-order valence-electron chi connectivity index (χ0n) is 13.7. The Hall–Kier alpha value is -3.22. The van der Waals surface area contributed by atoms with E-state index in [0.29, 0.717) is 11.1 Å². The number of non-ortho nitro benzene ring substituents is 1. The third-order valence-electron chi connectivity index (χ3n) is 3.50. The van der Waals surface area contributed by atoms with Crippen molar-refractivity contribution >= 4 is 17.6 Å². The predicted octanol–water partition coefficient (Wildman–Crippen LogP) is 2.50. The Morgan fingerprint density at radius 1 is 1.12 bits per heavy atom. The van der Waals surface area contributed by atoms with Gasteiger partial charge in [-0.05, 0) is 24.6 Å². The molecule has 0 saturated carbocycles. The molecule has 7 nitrogen and oxygen atoms in total. The monoisotopic (exact) mass is 342 g/mol. The van der Waals surface area contributed by atoms with Crippen molar-refractivity contribution in [1.82, 2.24) is 5.32 Å². The Morgan fingerprint density at radius 2 is 1.76 bits per heavy atom. The van der Waals surface area contributed by atoms with Crippen LogP contribution >= 0.6 is 0 Å². The van der Waals surface area contributed by atoms with Gasteiger partial charge in [0.05, 0.1) is 11.5 Å². The smallest absolute Gasteiger partial charge is 0.328 e. The van der Waals surface area contributed by atoms with Crippen LogP contribution in [0.4, 0.5) is 5.69 Å². The SMILES string of the molecule is CCOC(=O)C(Cc1ccc([N+](=O)[O-])cc1)NC(=O)c1ccccc1. The molecule has 0 aliphatic carbocycles.